The van der Waals surface area contributed by atoms with Crippen LogP contribution in [0.4, 0.5) is 13.2 Å². The molecule has 1 aliphatic heterocycles. The van der Waals surface area contributed by atoms with Crippen LogP contribution in [0.15, 0.2) is 77.6 Å². The van der Waals surface area contributed by atoms with Crippen molar-refractivity contribution in [2.24, 2.45) is 0 Å². The molecule has 0 amide bonds. The van der Waals surface area contributed by atoms with Gasteiger partial charge >= 0.3 is 11.9 Å². The second-order valence-corrected chi connectivity index (χ2v) is 10.2. The highest BCUT2D eigenvalue weighted by Crippen LogP contribution is 2.35. The second kappa shape index (κ2) is 11.8. The monoisotopic (exact) mass is 545 g/mol. The van der Waals surface area contributed by atoms with Crippen LogP contribution in [-0.4, -0.2) is 39.6 Å². The molecule has 1 aromatic heterocycles. The summed E-state index contributed by atoms with van der Waals surface area (Å²) in [6, 6.07) is 21.1. The van der Waals surface area contributed by atoms with E-state index in [4.69, 9.17) is 11.6 Å². The summed E-state index contributed by atoms with van der Waals surface area (Å²) in [4.78, 5) is 17.9. The summed E-state index contributed by atoms with van der Waals surface area (Å²) in [5, 5.41) is 0.592. The first-order valence-electron chi connectivity index (χ1n) is 12.6. The van der Waals surface area contributed by atoms with Crippen molar-refractivity contribution in [1.82, 2.24) is 14.5 Å². The Hall–Kier alpha value is -3.07. The number of H-pyrrole nitrogens is 1. The van der Waals surface area contributed by atoms with Crippen molar-refractivity contribution < 1.29 is 18.6 Å². The van der Waals surface area contributed by atoms with Gasteiger partial charge in [0.05, 0.1) is 16.6 Å². The number of nitrogens with one attached hydrogen (secondary N) is 1. The molecule has 4 aromatic rings. The fourth-order valence-electron chi connectivity index (χ4n) is 5.53. The maximum atomic E-state index is 13.4. The molecule has 0 saturated carbocycles. The summed E-state index contributed by atoms with van der Waals surface area (Å²) in [6.45, 7) is 2.61. The van der Waals surface area contributed by atoms with Crippen LogP contribution in [0.25, 0.3) is 11.0 Å². The lowest BCUT2D eigenvalue weighted by Gasteiger charge is -2.33. The highest BCUT2D eigenvalue weighted by molar-refractivity contribution is 6.31. The molecule has 2 heterocycles. The van der Waals surface area contributed by atoms with Gasteiger partial charge in [-0.1, -0.05) is 60.1 Å². The minimum absolute atomic E-state index is 0. The van der Waals surface area contributed by atoms with Gasteiger partial charge in [-0.15, -0.1) is 0 Å². The van der Waals surface area contributed by atoms with E-state index in [9.17, 15) is 18.0 Å². The molecule has 5 rings (SSSR count). The molecule has 3 N–H and O–H groups in total. The number of halogens is 4. The van der Waals surface area contributed by atoms with Gasteiger partial charge in [-0.3, -0.25) is 4.57 Å². The van der Waals surface area contributed by atoms with Gasteiger partial charge in [-0.05, 0) is 67.6 Å². The molecule has 1 saturated heterocycles. The fraction of sp³-hybridized carbons (Fsp3) is 0.345. The Morgan fingerprint density at radius 2 is 1.66 bits per heavy atom. The Kier molecular flexibility index (Phi) is 8.65. The third kappa shape index (κ3) is 6.14. The first-order chi connectivity index (χ1) is 17.8. The topological polar surface area (TPSA) is 72.5 Å². The number of rotatable bonds is 7. The zero-order valence-electron chi connectivity index (χ0n) is 20.8. The largest absolute Gasteiger partial charge is 0.416 e. The number of likely N-dealkylation sites (tertiary alicyclic amines) is 1. The Bertz CT molecular complexity index is 1410. The van der Waals surface area contributed by atoms with E-state index in [0.29, 0.717) is 10.6 Å². The van der Waals surface area contributed by atoms with E-state index < -0.39 is 11.7 Å². The third-order valence-electron chi connectivity index (χ3n) is 7.39. The summed E-state index contributed by atoms with van der Waals surface area (Å²) in [5.41, 5.74) is 2.63. The van der Waals surface area contributed by atoms with Crippen LogP contribution in [0.2, 0.25) is 5.02 Å². The Morgan fingerprint density at radius 3 is 2.37 bits per heavy atom. The molecule has 1 unspecified atom stereocenters. The lowest BCUT2D eigenvalue weighted by molar-refractivity contribution is -0.137. The van der Waals surface area contributed by atoms with Crippen molar-refractivity contribution in [3.63, 3.8) is 0 Å². The summed E-state index contributed by atoms with van der Waals surface area (Å²) >= 11 is 6.07. The molecule has 0 spiro atoms. The second-order valence-electron chi connectivity index (χ2n) is 9.76. The number of hydrogen-bond acceptors (Lipinski definition) is 2. The Balaban J connectivity index is 0.00000336. The lowest BCUT2D eigenvalue weighted by atomic mass is 9.86. The molecule has 0 aliphatic carbocycles. The van der Waals surface area contributed by atoms with Gasteiger partial charge in [-0.2, -0.15) is 13.2 Å². The normalized spacial score (nSPS) is 15.9. The van der Waals surface area contributed by atoms with E-state index in [1.165, 1.54) is 12.1 Å². The van der Waals surface area contributed by atoms with Crippen LogP contribution in [0.5, 0.6) is 0 Å². The number of piperidine rings is 1. The molecule has 3 aromatic carbocycles. The van der Waals surface area contributed by atoms with E-state index in [1.807, 2.05) is 41.0 Å². The quantitative estimate of drug-likeness (QED) is 0.291. The minimum atomic E-state index is -4.36. The van der Waals surface area contributed by atoms with Gasteiger partial charge in [0.15, 0.2) is 0 Å². The molecule has 9 heteroatoms. The molecule has 1 atom stereocenters. The van der Waals surface area contributed by atoms with Crippen molar-refractivity contribution in [1.29, 1.82) is 0 Å². The smallest absolute Gasteiger partial charge is 0.412 e. The van der Waals surface area contributed by atoms with Gasteiger partial charge in [0.25, 0.3) is 0 Å². The first kappa shape index (κ1) is 28.0. The highest BCUT2D eigenvalue weighted by atomic mass is 35.5. The average Bonchev–Trinajstić information content (AvgIpc) is 3.21. The van der Waals surface area contributed by atoms with Gasteiger partial charge < -0.3 is 15.4 Å². The van der Waals surface area contributed by atoms with E-state index in [0.717, 1.165) is 68.0 Å². The zero-order chi connectivity index (χ0) is 26.0. The van der Waals surface area contributed by atoms with Crippen LogP contribution in [0.1, 0.15) is 54.3 Å². The third-order valence-corrected chi connectivity index (χ3v) is 7.62. The number of nitrogens with zero attached hydrogens (tertiary/aromatic N) is 2. The Labute approximate surface area is 224 Å². The molecule has 202 valence electrons. The maximum Gasteiger partial charge on any atom is 0.416 e. The predicted molar refractivity (Wildman–Crippen MR) is 145 cm³/mol. The van der Waals surface area contributed by atoms with Crippen molar-refractivity contribution in [2.45, 2.75) is 43.8 Å². The predicted octanol–water partition coefficient (Wildman–Crippen LogP) is 6.43. The standard InChI is InChI=1S/C29H29ClF3N3O.H2O/c30-23-11-12-27-26(19-23)34-28(37)36(27)24-13-16-35(17-14-24)15-5-10-25(20-6-2-1-3-7-20)21-8-4-9-22(18-21)29(31,32)33;/h1-4,6-9,11-12,18-19,24-25H,5,10,13-17H2,(H,34,37);1H2. The van der Waals surface area contributed by atoms with E-state index >= 15 is 0 Å². The van der Waals surface area contributed by atoms with Crippen molar-refractivity contribution in [3.8, 4) is 0 Å². The molecule has 1 aliphatic rings. The van der Waals surface area contributed by atoms with E-state index in [-0.39, 0.29) is 23.1 Å². The Morgan fingerprint density at radius 1 is 0.947 bits per heavy atom. The number of aromatic nitrogens is 2. The molecule has 38 heavy (non-hydrogen) atoms. The lowest BCUT2D eigenvalue weighted by Crippen LogP contribution is -2.37. The van der Waals surface area contributed by atoms with E-state index in [2.05, 4.69) is 9.88 Å². The van der Waals surface area contributed by atoms with Gasteiger partial charge in [0, 0.05) is 30.1 Å². The molecular weight excluding hydrogens is 515 g/mol. The average molecular weight is 546 g/mol. The molecule has 1 fully saturated rings. The highest BCUT2D eigenvalue weighted by Gasteiger charge is 2.31. The summed E-state index contributed by atoms with van der Waals surface area (Å²) in [6.07, 6.45) is -1.00. The molecule has 0 radical (unpaired) electrons. The molecular formula is C29H31ClF3N3O2. The van der Waals surface area contributed by atoms with Crippen LogP contribution < -0.4 is 5.69 Å². The summed E-state index contributed by atoms with van der Waals surface area (Å²) in [5.74, 6) is -0.0994. The summed E-state index contributed by atoms with van der Waals surface area (Å²) in [7, 11) is 0. The summed E-state index contributed by atoms with van der Waals surface area (Å²) < 4.78 is 41.9. The maximum absolute atomic E-state index is 13.4. The van der Waals surface area contributed by atoms with Crippen LogP contribution in [0, 0.1) is 0 Å². The first-order valence-corrected chi connectivity index (χ1v) is 13.0. The van der Waals surface area contributed by atoms with Gasteiger partial charge in [-0.25, -0.2) is 4.79 Å². The molecule has 5 nitrogen and oxygen atoms in total. The van der Waals surface area contributed by atoms with Crippen molar-refractivity contribution in [2.75, 3.05) is 19.6 Å². The number of fused-ring (bicyclic) bond motifs is 1. The van der Waals surface area contributed by atoms with Crippen LogP contribution in [0.3, 0.4) is 0 Å². The van der Waals surface area contributed by atoms with Crippen molar-refractivity contribution in [3.05, 3.63) is 105 Å². The van der Waals surface area contributed by atoms with Crippen molar-refractivity contribution >= 4 is 22.6 Å². The number of hydrogen-bond donors (Lipinski definition) is 1. The van der Waals surface area contributed by atoms with E-state index in [1.54, 1.807) is 18.2 Å². The SMILES string of the molecule is O.O=c1[nH]c2cc(Cl)ccc2n1C1CCN(CCCC(c2ccccc2)c2cccc(C(F)(F)F)c2)CC1. The van der Waals surface area contributed by atoms with Crippen LogP contribution >= 0.6 is 11.6 Å². The number of alkyl halides is 3. The number of imidazole rings is 1. The van der Waals surface area contributed by atoms with Gasteiger partial charge in [0.2, 0.25) is 0 Å². The van der Waals surface area contributed by atoms with Gasteiger partial charge in [0.1, 0.15) is 0 Å². The zero-order valence-corrected chi connectivity index (χ0v) is 21.6. The fourth-order valence-corrected chi connectivity index (χ4v) is 5.70. The number of aromatic amines is 1. The van der Waals surface area contributed by atoms with Crippen LogP contribution in [-0.2, 0) is 6.18 Å². The minimum Gasteiger partial charge on any atom is -0.412 e. The number of benzene rings is 3. The molecule has 0 bridgehead atoms.